The molecule has 1 heterocycles. The first-order valence-electron chi connectivity index (χ1n) is 4.28. The van der Waals surface area contributed by atoms with Crippen LogP contribution < -0.4 is 0 Å². The van der Waals surface area contributed by atoms with Crippen molar-refractivity contribution in [3.8, 4) is 0 Å². The van der Waals surface area contributed by atoms with Crippen molar-refractivity contribution in [2.45, 2.75) is 32.6 Å². The summed E-state index contributed by atoms with van der Waals surface area (Å²) < 4.78 is 0. The minimum atomic E-state index is -0.208. The molecule has 0 radical (unpaired) electrons. The summed E-state index contributed by atoms with van der Waals surface area (Å²) in [5, 5.41) is 0. The Morgan fingerprint density at radius 3 is 2.62 bits per heavy atom. The van der Waals surface area contributed by atoms with Crippen LogP contribution in [0.4, 0.5) is 0 Å². The Bertz CT molecular complexity index is 293. The number of Topliss-reactive ketones (excluding diaryl/α,β-unsaturated/α-hetero) is 1. The zero-order chi connectivity index (χ0) is 9.90. The molecule has 70 valence electrons. The maximum absolute atomic E-state index is 11.0. The lowest BCUT2D eigenvalue weighted by Gasteiger charge is -2.21. The molecule has 0 aliphatic rings. The van der Waals surface area contributed by atoms with Gasteiger partial charge in [0.25, 0.3) is 0 Å². The van der Waals surface area contributed by atoms with Crippen molar-refractivity contribution in [2.24, 2.45) is 0 Å². The van der Waals surface area contributed by atoms with Gasteiger partial charge in [0.2, 0.25) is 0 Å². The molecular weight excluding hydrogens is 164 g/mol. The minimum Gasteiger partial charge on any atom is -0.300 e. The Labute approximate surface area is 78.2 Å². The number of carbonyl (C=O) groups excluding carboxylic acids is 1. The van der Waals surface area contributed by atoms with Gasteiger partial charge in [0, 0.05) is 30.4 Å². The number of nitrogens with zero attached hydrogens (tertiary/aromatic N) is 2. The van der Waals surface area contributed by atoms with Crippen LogP contribution >= 0.6 is 0 Å². The summed E-state index contributed by atoms with van der Waals surface area (Å²) in [6, 6.07) is 0. The average molecular weight is 178 g/mol. The molecule has 0 amide bonds. The van der Waals surface area contributed by atoms with Crippen molar-refractivity contribution in [2.75, 3.05) is 0 Å². The van der Waals surface area contributed by atoms with Crippen LogP contribution in [0.25, 0.3) is 0 Å². The van der Waals surface area contributed by atoms with Gasteiger partial charge < -0.3 is 0 Å². The Hall–Kier alpha value is -1.25. The molecule has 0 aliphatic heterocycles. The second-order valence-corrected chi connectivity index (χ2v) is 3.85. The molecule has 0 spiro atoms. The van der Waals surface area contributed by atoms with Crippen LogP contribution in [-0.2, 0) is 10.2 Å². The quantitative estimate of drug-likeness (QED) is 0.708. The zero-order valence-electron chi connectivity index (χ0n) is 8.24. The maximum atomic E-state index is 11.0. The molecular formula is C10H14N2O. The van der Waals surface area contributed by atoms with Gasteiger partial charge in [0.05, 0.1) is 5.69 Å². The number of hydrogen-bond acceptors (Lipinski definition) is 3. The fraction of sp³-hybridized carbons (Fsp3) is 0.500. The van der Waals surface area contributed by atoms with E-state index < -0.39 is 0 Å². The SMILES string of the molecule is CC(=O)CC(C)(C)c1cnccn1. The van der Waals surface area contributed by atoms with Crippen molar-refractivity contribution >= 4 is 5.78 Å². The second kappa shape index (κ2) is 3.64. The lowest BCUT2D eigenvalue weighted by Crippen LogP contribution is -2.22. The molecule has 0 fully saturated rings. The summed E-state index contributed by atoms with van der Waals surface area (Å²) in [7, 11) is 0. The van der Waals surface area contributed by atoms with E-state index in [1.54, 1.807) is 25.5 Å². The lowest BCUT2D eigenvalue weighted by atomic mass is 9.84. The Morgan fingerprint density at radius 1 is 1.46 bits per heavy atom. The first-order chi connectivity index (χ1) is 6.02. The molecule has 0 bridgehead atoms. The first-order valence-corrected chi connectivity index (χ1v) is 4.28. The van der Waals surface area contributed by atoms with Crippen LogP contribution in [0.3, 0.4) is 0 Å². The number of hydrogen-bond donors (Lipinski definition) is 0. The zero-order valence-corrected chi connectivity index (χ0v) is 8.24. The fourth-order valence-electron chi connectivity index (χ4n) is 1.36. The van der Waals surface area contributed by atoms with E-state index in [2.05, 4.69) is 9.97 Å². The summed E-state index contributed by atoms with van der Waals surface area (Å²) in [6.45, 7) is 5.59. The standard InChI is InChI=1S/C10H14N2O/c1-8(13)6-10(2,3)9-7-11-4-5-12-9/h4-5,7H,6H2,1-3H3. The third kappa shape index (κ3) is 2.61. The number of carbonyl (C=O) groups is 1. The monoisotopic (exact) mass is 178 g/mol. The highest BCUT2D eigenvalue weighted by Gasteiger charge is 2.23. The van der Waals surface area contributed by atoms with Crippen molar-refractivity contribution in [3.63, 3.8) is 0 Å². The van der Waals surface area contributed by atoms with Crippen LogP contribution in [0.15, 0.2) is 18.6 Å². The molecule has 1 rings (SSSR count). The minimum absolute atomic E-state index is 0.177. The number of ketones is 1. The maximum Gasteiger partial charge on any atom is 0.130 e. The van der Waals surface area contributed by atoms with Crippen LogP contribution in [0, 0.1) is 0 Å². The second-order valence-electron chi connectivity index (χ2n) is 3.85. The lowest BCUT2D eigenvalue weighted by molar-refractivity contribution is -0.118. The van der Waals surface area contributed by atoms with E-state index in [-0.39, 0.29) is 11.2 Å². The normalized spacial score (nSPS) is 11.3. The third-order valence-corrected chi connectivity index (χ3v) is 1.95. The summed E-state index contributed by atoms with van der Waals surface area (Å²) in [5.41, 5.74) is 0.658. The van der Waals surface area contributed by atoms with Gasteiger partial charge in [-0.1, -0.05) is 13.8 Å². The molecule has 0 N–H and O–H groups in total. The van der Waals surface area contributed by atoms with Gasteiger partial charge in [0.1, 0.15) is 5.78 Å². The van der Waals surface area contributed by atoms with E-state index in [1.807, 2.05) is 13.8 Å². The van der Waals surface area contributed by atoms with Crippen LogP contribution in [0.1, 0.15) is 32.9 Å². The van der Waals surface area contributed by atoms with E-state index in [0.717, 1.165) is 5.69 Å². The van der Waals surface area contributed by atoms with Crippen molar-refractivity contribution in [3.05, 3.63) is 24.3 Å². The molecule has 3 nitrogen and oxygen atoms in total. The molecule has 0 atom stereocenters. The highest BCUT2D eigenvalue weighted by atomic mass is 16.1. The highest BCUT2D eigenvalue weighted by Crippen LogP contribution is 2.24. The van der Waals surface area contributed by atoms with E-state index in [4.69, 9.17) is 0 Å². The van der Waals surface area contributed by atoms with Crippen molar-refractivity contribution < 1.29 is 4.79 Å². The molecule has 0 aromatic carbocycles. The summed E-state index contributed by atoms with van der Waals surface area (Å²) in [4.78, 5) is 19.2. The highest BCUT2D eigenvalue weighted by molar-refractivity contribution is 5.76. The fourth-order valence-corrected chi connectivity index (χ4v) is 1.36. The topological polar surface area (TPSA) is 42.9 Å². The Morgan fingerprint density at radius 2 is 2.15 bits per heavy atom. The molecule has 0 saturated heterocycles. The average Bonchev–Trinajstić information content (AvgIpc) is 2.04. The van der Waals surface area contributed by atoms with Gasteiger partial charge in [-0.15, -0.1) is 0 Å². The van der Waals surface area contributed by atoms with Gasteiger partial charge in [-0.2, -0.15) is 0 Å². The summed E-state index contributed by atoms with van der Waals surface area (Å²) in [5.74, 6) is 0.177. The van der Waals surface area contributed by atoms with Gasteiger partial charge in [-0.25, -0.2) is 0 Å². The predicted octanol–water partition coefficient (Wildman–Crippen LogP) is 1.73. The van der Waals surface area contributed by atoms with Crippen LogP contribution in [0.2, 0.25) is 0 Å². The Kier molecular flexibility index (Phi) is 2.76. The predicted molar refractivity (Wildman–Crippen MR) is 50.4 cm³/mol. The van der Waals surface area contributed by atoms with Gasteiger partial charge in [0.15, 0.2) is 0 Å². The molecule has 1 aromatic rings. The van der Waals surface area contributed by atoms with Crippen LogP contribution in [-0.4, -0.2) is 15.8 Å². The van der Waals surface area contributed by atoms with E-state index >= 15 is 0 Å². The molecule has 1 aromatic heterocycles. The molecule has 0 aliphatic carbocycles. The van der Waals surface area contributed by atoms with Crippen molar-refractivity contribution in [1.29, 1.82) is 0 Å². The molecule has 0 unspecified atom stereocenters. The first kappa shape index (κ1) is 9.84. The smallest absolute Gasteiger partial charge is 0.130 e. The summed E-state index contributed by atoms with van der Waals surface area (Å²) >= 11 is 0. The van der Waals surface area contributed by atoms with Gasteiger partial charge >= 0.3 is 0 Å². The summed E-state index contributed by atoms with van der Waals surface area (Å²) in [6.07, 6.45) is 5.50. The van der Waals surface area contributed by atoms with Gasteiger partial charge in [-0.05, 0) is 6.92 Å². The Balaban J connectivity index is 2.87. The molecule has 0 saturated carbocycles. The van der Waals surface area contributed by atoms with E-state index in [1.165, 1.54) is 0 Å². The van der Waals surface area contributed by atoms with Gasteiger partial charge in [-0.3, -0.25) is 14.8 Å². The third-order valence-electron chi connectivity index (χ3n) is 1.95. The largest absolute Gasteiger partial charge is 0.300 e. The molecule has 13 heavy (non-hydrogen) atoms. The van der Waals surface area contributed by atoms with Crippen LogP contribution in [0.5, 0.6) is 0 Å². The molecule has 3 heteroatoms. The van der Waals surface area contributed by atoms with E-state index in [9.17, 15) is 4.79 Å². The van der Waals surface area contributed by atoms with Crippen molar-refractivity contribution in [1.82, 2.24) is 9.97 Å². The van der Waals surface area contributed by atoms with E-state index in [0.29, 0.717) is 6.42 Å². The number of aromatic nitrogens is 2. The number of rotatable bonds is 3.